The molecule has 4 heteroatoms. The molecule has 9 aromatic carbocycles. The topological polar surface area (TPSA) is 27.9 Å². The Morgan fingerprint density at radius 3 is 1.47 bits per heavy atom. The molecule has 13 rings (SSSR count). The maximum absolute atomic E-state index is 6.88. The first-order chi connectivity index (χ1) is 29.8. The highest BCUT2D eigenvalue weighted by Gasteiger charge is 2.21. The Hall–Kier alpha value is -8.08. The minimum absolute atomic E-state index is 0.867. The summed E-state index contributed by atoms with van der Waals surface area (Å²) < 4.78 is 13.9. The van der Waals surface area contributed by atoms with E-state index >= 15 is 0 Å². The van der Waals surface area contributed by atoms with Crippen molar-refractivity contribution in [3.63, 3.8) is 0 Å². The van der Waals surface area contributed by atoms with Crippen LogP contribution in [0.25, 0.3) is 116 Å². The average molecular weight is 766 g/mol. The predicted octanol–water partition coefficient (Wildman–Crippen LogP) is 15.1. The maximum atomic E-state index is 6.88. The number of furan rings is 1. The van der Waals surface area contributed by atoms with Gasteiger partial charge < -0.3 is 13.6 Å². The van der Waals surface area contributed by atoms with Gasteiger partial charge >= 0.3 is 0 Å². The largest absolute Gasteiger partial charge is 0.438 e. The Morgan fingerprint density at radius 2 is 0.783 bits per heavy atom. The van der Waals surface area contributed by atoms with Crippen LogP contribution < -0.4 is 0 Å². The molecular formula is C56H35N3O. The smallest absolute Gasteiger partial charge is 0.213 e. The number of hydrogen-bond donors (Lipinski definition) is 0. The van der Waals surface area contributed by atoms with Crippen LogP contribution in [0.4, 0.5) is 0 Å². The van der Waals surface area contributed by atoms with Crippen LogP contribution in [0.5, 0.6) is 0 Å². The number of hydrogen-bond acceptors (Lipinski definition) is 1. The van der Waals surface area contributed by atoms with Crippen molar-refractivity contribution in [2.45, 2.75) is 0 Å². The number of fused-ring (bicyclic) bond motifs is 11. The molecule has 0 saturated heterocycles. The molecule has 0 atom stereocenters. The van der Waals surface area contributed by atoms with Crippen LogP contribution in [0.3, 0.4) is 0 Å². The molecule has 0 saturated carbocycles. The van der Waals surface area contributed by atoms with Crippen molar-refractivity contribution in [1.82, 2.24) is 13.7 Å². The van der Waals surface area contributed by atoms with E-state index in [4.69, 9.17) is 4.42 Å². The first-order valence-electron chi connectivity index (χ1n) is 20.5. The molecule has 0 bridgehead atoms. The SMILES string of the molecule is c1ccc(-n2c3ccccc3c3c4cccc(-c5ccc(-c6cccc(-n7c8ccccc8c8cc(-n9c%10ccccc%10c%10ccccc%109)ccc87)c6)cc5)c4oc32)cc1. The molecule has 0 aliphatic rings. The third kappa shape index (κ3) is 4.73. The van der Waals surface area contributed by atoms with Crippen LogP contribution in [0.1, 0.15) is 0 Å². The van der Waals surface area contributed by atoms with Gasteiger partial charge in [-0.2, -0.15) is 0 Å². The third-order valence-corrected chi connectivity index (χ3v) is 12.5. The first kappa shape index (κ1) is 32.9. The molecule has 4 aromatic heterocycles. The molecule has 0 spiro atoms. The van der Waals surface area contributed by atoms with Gasteiger partial charge in [-0.25, -0.2) is 0 Å². The van der Waals surface area contributed by atoms with Crippen LogP contribution >= 0.6 is 0 Å². The monoisotopic (exact) mass is 765 g/mol. The van der Waals surface area contributed by atoms with Crippen LogP contribution in [0, 0.1) is 0 Å². The second-order valence-corrected chi connectivity index (χ2v) is 15.7. The first-order valence-corrected chi connectivity index (χ1v) is 20.5. The van der Waals surface area contributed by atoms with Crippen molar-refractivity contribution in [1.29, 1.82) is 0 Å². The molecule has 0 unspecified atom stereocenters. The van der Waals surface area contributed by atoms with E-state index in [0.717, 1.165) is 66.9 Å². The van der Waals surface area contributed by atoms with Crippen molar-refractivity contribution >= 4 is 76.6 Å². The summed E-state index contributed by atoms with van der Waals surface area (Å²) in [6.45, 7) is 0. The second-order valence-electron chi connectivity index (χ2n) is 15.7. The highest BCUT2D eigenvalue weighted by molar-refractivity contribution is 6.22. The number of rotatable bonds is 5. The minimum Gasteiger partial charge on any atom is -0.438 e. The van der Waals surface area contributed by atoms with Crippen LogP contribution in [0.15, 0.2) is 217 Å². The lowest BCUT2D eigenvalue weighted by Crippen LogP contribution is -1.96. The lowest BCUT2D eigenvalue weighted by molar-refractivity contribution is 0.646. The molecule has 0 radical (unpaired) electrons. The van der Waals surface area contributed by atoms with E-state index in [9.17, 15) is 0 Å². The third-order valence-electron chi connectivity index (χ3n) is 12.5. The molecule has 60 heavy (non-hydrogen) atoms. The predicted molar refractivity (Wildman–Crippen MR) is 250 cm³/mol. The summed E-state index contributed by atoms with van der Waals surface area (Å²) in [6, 6.07) is 76.5. The van der Waals surface area contributed by atoms with Crippen molar-refractivity contribution in [3.05, 3.63) is 212 Å². The van der Waals surface area contributed by atoms with Gasteiger partial charge in [-0.15, -0.1) is 0 Å². The molecule has 0 aliphatic heterocycles. The normalized spacial score (nSPS) is 12.0. The van der Waals surface area contributed by atoms with Crippen LogP contribution in [-0.4, -0.2) is 13.7 Å². The fraction of sp³-hybridized carbons (Fsp3) is 0. The Morgan fingerprint density at radius 1 is 0.283 bits per heavy atom. The van der Waals surface area contributed by atoms with Gasteiger partial charge in [0.2, 0.25) is 5.71 Å². The van der Waals surface area contributed by atoms with Crippen molar-refractivity contribution in [2.24, 2.45) is 0 Å². The summed E-state index contributed by atoms with van der Waals surface area (Å²) in [7, 11) is 0. The Labute approximate surface area is 345 Å². The lowest BCUT2D eigenvalue weighted by atomic mass is 9.98. The van der Waals surface area contributed by atoms with E-state index in [1.54, 1.807) is 0 Å². The molecule has 280 valence electrons. The number of nitrogens with zero attached hydrogens (tertiary/aromatic N) is 3. The van der Waals surface area contributed by atoms with E-state index in [0.29, 0.717) is 0 Å². The Bertz CT molecular complexity index is 3770. The summed E-state index contributed by atoms with van der Waals surface area (Å²) in [5, 5.41) is 8.46. The van der Waals surface area contributed by atoms with Gasteiger partial charge in [-0.05, 0) is 83.4 Å². The summed E-state index contributed by atoms with van der Waals surface area (Å²) >= 11 is 0. The number of aromatic nitrogens is 3. The highest BCUT2D eigenvalue weighted by Crippen LogP contribution is 2.43. The molecule has 0 aliphatic carbocycles. The summed E-state index contributed by atoms with van der Waals surface area (Å²) in [5.41, 5.74) is 15.6. The second kappa shape index (κ2) is 12.7. The number of benzene rings is 9. The van der Waals surface area contributed by atoms with Gasteiger partial charge in [0.25, 0.3) is 0 Å². The fourth-order valence-electron chi connectivity index (χ4n) is 9.82. The van der Waals surface area contributed by atoms with Gasteiger partial charge in [0, 0.05) is 54.9 Å². The molecule has 0 N–H and O–H groups in total. The zero-order chi connectivity index (χ0) is 39.3. The quantitative estimate of drug-likeness (QED) is 0.171. The van der Waals surface area contributed by atoms with Gasteiger partial charge in [-0.1, -0.05) is 146 Å². The van der Waals surface area contributed by atoms with Gasteiger partial charge in [-0.3, -0.25) is 4.57 Å². The van der Waals surface area contributed by atoms with Crippen LogP contribution in [0.2, 0.25) is 0 Å². The summed E-state index contributed by atoms with van der Waals surface area (Å²) in [5.74, 6) is 0. The molecule has 0 amide bonds. The van der Waals surface area contributed by atoms with Crippen LogP contribution in [-0.2, 0) is 0 Å². The Balaban J connectivity index is 0.905. The van der Waals surface area contributed by atoms with E-state index in [2.05, 4.69) is 226 Å². The molecular weight excluding hydrogens is 731 g/mol. The molecule has 4 nitrogen and oxygen atoms in total. The van der Waals surface area contributed by atoms with Crippen molar-refractivity contribution in [3.8, 4) is 39.3 Å². The number of para-hydroxylation sites is 6. The minimum atomic E-state index is 0.867. The summed E-state index contributed by atoms with van der Waals surface area (Å²) in [4.78, 5) is 0. The highest BCUT2D eigenvalue weighted by atomic mass is 16.3. The van der Waals surface area contributed by atoms with E-state index in [1.807, 2.05) is 0 Å². The zero-order valence-corrected chi connectivity index (χ0v) is 32.5. The van der Waals surface area contributed by atoms with E-state index < -0.39 is 0 Å². The molecule has 0 fully saturated rings. The average Bonchev–Trinajstić information content (AvgIpc) is 4.05. The fourth-order valence-corrected chi connectivity index (χ4v) is 9.82. The van der Waals surface area contributed by atoms with Crippen molar-refractivity contribution < 1.29 is 4.42 Å². The molecule has 13 aromatic rings. The van der Waals surface area contributed by atoms with Crippen molar-refractivity contribution in [2.75, 3.05) is 0 Å². The standard InChI is InChI=1S/C56H35N3O/c1-2-15-39(16-3-1)59-52-27-11-7-21-46(52)54-47-23-13-22-42(55(47)60-56(54)59)37-30-28-36(29-31-37)38-14-12-17-40(34-38)57-51-26-10-6-20-45(51)48-35-41(32-33-53(48)57)58-49-24-8-4-18-43(49)44-19-5-9-25-50(44)58/h1-35H. The van der Waals surface area contributed by atoms with Gasteiger partial charge in [0.15, 0.2) is 0 Å². The summed E-state index contributed by atoms with van der Waals surface area (Å²) in [6.07, 6.45) is 0. The van der Waals surface area contributed by atoms with E-state index in [-0.39, 0.29) is 0 Å². The zero-order valence-electron chi connectivity index (χ0n) is 32.5. The molecule has 4 heterocycles. The van der Waals surface area contributed by atoms with E-state index in [1.165, 1.54) is 49.0 Å². The maximum Gasteiger partial charge on any atom is 0.213 e. The van der Waals surface area contributed by atoms with Gasteiger partial charge in [0.05, 0.1) is 33.0 Å². The Kier molecular flexibility index (Phi) is 6.98. The lowest BCUT2D eigenvalue weighted by Gasteiger charge is -2.12. The van der Waals surface area contributed by atoms with Gasteiger partial charge in [0.1, 0.15) is 5.58 Å².